The van der Waals surface area contributed by atoms with Crippen molar-refractivity contribution in [2.45, 2.75) is 31.2 Å². The summed E-state index contributed by atoms with van der Waals surface area (Å²) in [5.74, 6) is -0.156. The molecule has 1 saturated heterocycles. The summed E-state index contributed by atoms with van der Waals surface area (Å²) in [6, 6.07) is 0. The molecule has 9 heteroatoms. The zero-order valence-electron chi connectivity index (χ0n) is 9.81. The van der Waals surface area contributed by atoms with Crippen LogP contribution < -0.4 is 11.4 Å². The van der Waals surface area contributed by atoms with Crippen LogP contribution in [0.25, 0.3) is 0 Å². The van der Waals surface area contributed by atoms with E-state index in [-0.39, 0.29) is 11.4 Å². The summed E-state index contributed by atoms with van der Waals surface area (Å²) < 4.78 is 19.7. The lowest BCUT2D eigenvalue weighted by Crippen LogP contribution is -2.34. The van der Waals surface area contributed by atoms with E-state index in [9.17, 15) is 14.3 Å². The molecule has 1 aromatic heterocycles. The van der Waals surface area contributed by atoms with E-state index < -0.39 is 43.5 Å². The monoisotopic (exact) mass is 275 g/mol. The van der Waals surface area contributed by atoms with Gasteiger partial charge in [-0.15, -0.1) is 0 Å². The molecule has 2 rings (SSSR count). The minimum atomic E-state index is -1.90. The summed E-state index contributed by atoms with van der Waals surface area (Å²) in [5.41, 5.74) is 4.68. The zero-order chi connectivity index (χ0) is 14.2. The van der Waals surface area contributed by atoms with Gasteiger partial charge in [-0.3, -0.25) is 4.57 Å². The Labute approximate surface area is 106 Å². The third-order valence-electron chi connectivity index (χ3n) is 2.98. The van der Waals surface area contributed by atoms with E-state index in [0.717, 1.165) is 10.8 Å². The first-order valence-corrected chi connectivity index (χ1v) is 5.56. The minimum Gasteiger partial charge on any atom is -0.394 e. The molecule has 0 bridgehead atoms. The molecule has 0 amide bonds. The fourth-order valence-corrected chi connectivity index (χ4v) is 1.90. The van der Waals surface area contributed by atoms with E-state index in [1.54, 1.807) is 0 Å². The van der Waals surface area contributed by atoms with Gasteiger partial charge in [0.05, 0.1) is 13.2 Å². The molecular weight excluding hydrogens is 261 g/mol. The Morgan fingerprint density at radius 2 is 2.21 bits per heavy atom. The van der Waals surface area contributed by atoms with Crippen molar-refractivity contribution in [1.29, 1.82) is 0 Å². The number of aromatic nitrogens is 2. The molecule has 0 spiro atoms. The van der Waals surface area contributed by atoms with Crippen LogP contribution in [0.3, 0.4) is 0 Å². The van der Waals surface area contributed by atoms with Gasteiger partial charge in [0.2, 0.25) is 0 Å². The Morgan fingerprint density at radius 3 is 2.74 bits per heavy atom. The number of nitrogens with zero attached hydrogens (tertiary/aromatic N) is 2. The van der Waals surface area contributed by atoms with Crippen LogP contribution in [0.15, 0.2) is 11.0 Å². The van der Waals surface area contributed by atoms with Crippen LogP contribution in [-0.2, 0) is 11.3 Å². The molecule has 106 valence electrons. The smallest absolute Gasteiger partial charge is 0.351 e. The Kier molecular flexibility index (Phi) is 3.80. The van der Waals surface area contributed by atoms with Crippen molar-refractivity contribution in [3.8, 4) is 0 Å². The van der Waals surface area contributed by atoms with Gasteiger partial charge in [-0.1, -0.05) is 0 Å². The lowest BCUT2D eigenvalue weighted by Gasteiger charge is -2.17. The maximum Gasteiger partial charge on any atom is 0.351 e. The van der Waals surface area contributed by atoms with Crippen LogP contribution >= 0.6 is 0 Å². The Morgan fingerprint density at radius 1 is 1.53 bits per heavy atom. The molecule has 0 saturated carbocycles. The molecule has 4 atom stereocenters. The second-order valence-corrected chi connectivity index (χ2v) is 4.18. The van der Waals surface area contributed by atoms with Gasteiger partial charge in [0.1, 0.15) is 18.0 Å². The lowest BCUT2D eigenvalue weighted by atomic mass is 10.1. The number of hydrogen-bond donors (Lipinski definition) is 4. The molecule has 1 aromatic rings. The summed E-state index contributed by atoms with van der Waals surface area (Å²) in [6.45, 7) is -1.06. The number of ether oxygens (including phenoxy) is 1. The summed E-state index contributed by atoms with van der Waals surface area (Å²) >= 11 is 0. The molecule has 0 aliphatic carbocycles. The number of aliphatic hydroxyl groups is 3. The van der Waals surface area contributed by atoms with E-state index in [1.165, 1.54) is 0 Å². The fourth-order valence-electron chi connectivity index (χ4n) is 1.90. The van der Waals surface area contributed by atoms with Gasteiger partial charge < -0.3 is 25.8 Å². The van der Waals surface area contributed by atoms with Crippen LogP contribution in [0.1, 0.15) is 11.8 Å². The number of hydrogen-bond acceptors (Lipinski definition) is 7. The molecule has 5 N–H and O–H groups in total. The predicted octanol–water partition coefficient (Wildman–Crippen LogP) is -2.09. The molecule has 19 heavy (non-hydrogen) atoms. The molecule has 1 aliphatic heterocycles. The van der Waals surface area contributed by atoms with Crippen LogP contribution in [0.5, 0.6) is 0 Å². The predicted molar refractivity (Wildman–Crippen MR) is 60.7 cm³/mol. The van der Waals surface area contributed by atoms with Gasteiger partial charge >= 0.3 is 5.69 Å². The molecule has 2 heterocycles. The average molecular weight is 275 g/mol. The minimum absolute atomic E-state index is 0.136. The molecule has 0 aromatic carbocycles. The first-order valence-electron chi connectivity index (χ1n) is 5.56. The van der Waals surface area contributed by atoms with Crippen molar-refractivity contribution >= 4 is 5.82 Å². The van der Waals surface area contributed by atoms with E-state index in [0.29, 0.717) is 0 Å². The summed E-state index contributed by atoms with van der Waals surface area (Å²) in [4.78, 5) is 15.1. The third-order valence-corrected chi connectivity index (χ3v) is 2.98. The van der Waals surface area contributed by atoms with E-state index in [1.807, 2.05) is 0 Å². The topological polar surface area (TPSA) is 131 Å². The Bertz CT molecular complexity index is 522. The number of aliphatic hydroxyl groups excluding tert-OH is 3. The number of anilines is 1. The highest BCUT2D eigenvalue weighted by Gasteiger charge is 2.45. The largest absolute Gasteiger partial charge is 0.394 e. The highest BCUT2D eigenvalue weighted by atomic mass is 19.1. The summed E-state index contributed by atoms with van der Waals surface area (Å²) in [5, 5.41) is 27.4. The van der Waals surface area contributed by atoms with Crippen molar-refractivity contribution in [3.05, 3.63) is 22.2 Å². The average Bonchev–Trinajstić information content (AvgIpc) is 2.67. The van der Waals surface area contributed by atoms with E-state index in [4.69, 9.17) is 20.7 Å². The van der Waals surface area contributed by atoms with Gasteiger partial charge in [-0.25, -0.2) is 9.18 Å². The summed E-state index contributed by atoms with van der Waals surface area (Å²) in [6.07, 6.45) is -4.86. The first-order chi connectivity index (χ1) is 8.99. The van der Waals surface area contributed by atoms with Crippen molar-refractivity contribution in [2.24, 2.45) is 0 Å². The van der Waals surface area contributed by atoms with Crippen molar-refractivity contribution in [3.63, 3.8) is 0 Å². The number of alkyl halides is 1. The normalized spacial score (nSPS) is 30.7. The SMILES string of the molecule is Nc1nc(=O)n([C@@H]2O[C@H](CO)C(O)C2F)cc1CO. The molecule has 8 nitrogen and oxygen atoms in total. The lowest BCUT2D eigenvalue weighted by molar-refractivity contribution is -0.0492. The number of nitrogens with two attached hydrogens (primary N) is 1. The standard InChI is InChI=1S/C10H14FN3O5/c11-6-7(17)5(3-16)19-9(6)14-1-4(2-15)8(12)13-10(14)18/h1,5-7,9,15-17H,2-3H2,(H2,12,13,18)/t5-,6?,7?,9-/m1/s1. The van der Waals surface area contributed by atoms with Crippen LogP contribution in [0, 0.1) is 0 Å². The van der Waals surface area contributed by atoms with Crippen molar-refractivity contribution in [1.82, 2.24) is 9.55 Å². The van der Waals surface area contributed by atoms with E-state index >= 15 is 0 Å². The second kappa shape index (κ2) is 5.21. The van der Waals surface area contributed by atoms with Gasteiger partial charge in [0.25, 0.3) is 0 Å². The molecule has 0 radical (unpaired) electrons. The first kappa shape index (κ1) is 13.9. The third kappa shape index (κ3) is 2.32. The Hall–Kier alpha value is -1.55. The Balaban J connectivity index is 2.40. The molecule has 1 fully saturated rings. The number of rotatable bonds is 3. The molecular formula is C10H14FN3O5. The zero-order valence-corrected chi connectivity index (χ0v) is 9.81. The highest BCUT2D eigenvalue weighted by molar-refractivity contribution is 5.36. The van der Waals surface area contributed by atoms with Gasteiger partial charge in [-0.05, 0) is 0 Å². The van der Waals surface area contributed by atoms with Crippen molar-refractivity contribution < 1.29 is 24.4 Å². The molecule has 2 unspecified atom stereocenters. The number of halogens is 1. The number of nitrogen functional groups attached to an aromatic ring is 1. The summed E-state index contributed by atoms with van der Waals surface area (Å²) in [7, 11) is 0. The fraction of sp³-hybridized carbons (Fsp3) is 0.600. The van der Waals surface area contributed by atoms with Gasteiger partial charge in [-0.2, -0.15) is 4.98 Å². The van der Waals surface area contributed by atoms with Crippen LogP contribution in [-0.4, -0.2) is 49.9 Å². The van der Waals surface area contributed by atoms with Crippen LogP contribution in [0.2, 0.25) is 0 Å². The second-order valence-electron chi connectivity index (χ2n) is 4.18. The van der Waals surface area contributed by atoms with Gasteiger partial charge in [0.15, 0.2) is 12.4 Å². The van der Waals surface area contributed by atoms with E-state index in [2.05, 4.69) is 4.98 Å². The van der Waals surface area contributed by atoms with Crippen LogP contribution in [0.4, 0.5) is 10.2 Å². The quantitative estimate of drug-likeness (QED) is 0.497. The highest BCUT2D eigenvalue weighted by Crippen LogP contribution is 2.30. The van der Waals surface area contributed by atoms with Crippen molar-refractivity contribution in [2.75, 3.05) is 12.3 Å². The molecule has 1 aliphatic rings. The maximum atomic E-state index is 13.9. The maximum absolute atomic E-state index is 13.9. The van der Waals surface area contributed by atoms with Gasteiger partial charge in [0, 0.05) is 11.8 Å².